The number of nitrogens with one attached hydrogen (secondary N) is 3. The SMILES string of the molecule is CNC(=O)c1c(Nc2cnc(Br)c(C(F)(F)F)c2)s[nH]c1=O. The van der Waals surface area contributed by atoms with Crippen LogP contribution >= 0.6 is 27.5 Å². The van der Waals surface area contributed by atoms with Crippen LogP contribution in [0.3, 0.4) is 0 Å². The lowest BCUT2D eigenvalue weighted by Crippen LogP contribution is -2.24. The number of hydrogen-bond acceptors (Lipinski definition) is 5. The zero-order valence-electron chi connectivity index (χ0n) is 10.8. The lowest BCUT2D eigenvalue weighted by molar-refractivity contribution is -0.138. The number of rotatable bonds is 3. The molecule has 6 nitrogen and oxygen atoms in total. The quantitative estimate of drug-likeness (QED) is 0.696. The van der Waals surface area contributed by atoms with Crippen LogP contribution in [0.15, 0.2) is 21.7 Å². The van der Waals surface area contributed by atoms with Gasteiger partial charge in [0, 0.05) is 7.05 Å². The first-order valence-electron chi connectivity index (χ1n) is 5.67. The van der Waals surface area contributed by atoms with E-state index in [4.69, 9.17) is 0 Å². The molecule has 0 aliphatic carbocycles. The second kappa shape index (κ2) is 6.08. The zero-order chi connectivity index (χ0) is 16.5. The second-order valence-electron chi connectivity index (χ2n) is 4.00. The molecular weight excluding hydrogens is 389 g/mol. The molecule has 0 saturated carbocycles. The van der Waals surface area contributed by atoms with Gasteiger partial charge in [0.05, 0.1) is 17.4 Å². The van der Waals surface area contributed by atoms with Crippen LogP contribution in [0, 0.1) is 0 Å². The Hall–Kier alpha value is -1.88. The molecule has 0 aromatic carbocycles. The lowest BCUT2D eigenvalue weighted by Gasteiger charge is -2.11. The third kappa shape index (κ3) is 3.30. The molecule has 118 valence electrons. The fraction of sp³-hybridized carbons (Fsp3) is 0.182. The number of carbonyl (C=O) groups excluding carboxylic acids is 1. The number of aromatic amines is 1. The Morgan fingerprint density at radius 3 is 2.73 bits per heavy atom. The minimum atomic E-state index is -4.58. The van der Waals surface area contributed by atoms with E-state index < -0.39 is 23.2 Å². The standard InChI is InChI=1S/C11H8BrF3N4O2S/c1-16-8(20)6-9(21)19-22-10(6)18-4-2-5(11(13,14)15)7(12)17-3-4/h2-3,18H,1H3,(H,16,20)(H,19,21). The van der Waals surface area contributed by atoms with Crippen molar-refractivity contribution in [2.24, 2.45) is 0 Å². The maximum atomic E-state index is 12.8. The van der Waals surface area contributed by atoms with E-state index in [1.807, 2.05) is 0 Å². The van der Waals surface area contributed by atoms with Crippen LogP contribution < -0.4 is 16.2 Å². The first kappa shape index (κ1) is 16.5. The van der Waals surface area contributed by atoms with Crippen molar-refractivity contribution in [3.8, 4) is 0 Å². The fourth-order valence-corrected chi connectivity index (χ4v) is 2.76. The monoisotopic (exact) mass is 396 g/mol. The Kier molecular flexibility index (Phi) is 4.56. The molecule has 0 unspecified atom stereocenters. The molecule has 0 saturated heterocycles. The predicted molar refractivity (Wildman–Crippen MR) is 78.6 cm³/mol. The summed E-state index contributed by atoms with van der Waals surface area (Å²) in [7, 11) is 1.34. The van der Waals surface area contributed by atoms with Gasteiger partial charge >= 0.3 is 6.18 Å². The van der Waals surface area contributed by atoms with Crippen molar-refractivity contribution in [3.63, 3.8) is 0 Å². The number of aromatic nitrogens is 2. The van der Waals surface area contributed by atoms with Gasteiger partial charge in [0.1, 0.15) is 15.2 Å². The molecule has 2 aromatic rings. The molecule has 0 radical (unpaired) electrons. The second-order valence-corrected chi connectivity index (χ2v) is 5.57. The van der Waals surface area contributed by atoms with Gasteiger partial charge < -0.3 is 10.6 Å². The Balaban J connectivity index is 2.41. The van der Waals surface area contributed by atoms with Crippen molar-refractivity contribution in [3.05, 3.63) is 38.3 Å². The number of nitrogens with zero attached hydrogens (tertiary/aromatic N) is 1. The van der Waals surface area contributed by atoms with Gasteiger partial charge in [-0.2, -0.15) is 13.2 Å². The van der Waals surface area contributed by atoms with Crippen LogP contribution in [0.1, 0.15) is 15.9 Å². The highest BCUT2D eigenvalue weighted by Crippen LogP contribution is 2.36. The van der Waals surface area contributed by atoms with Crippen LogP contribution in [-0.2, 0) is 6.18 Å². The van der Waals surface area contributed by atoms with Crippen LogP contribution in [0.2, 0.25) is 0 Å². The molecule has 2 rings (SSSR count). The molecule has 0 spiro atoms. The van der Waals surface area contributed by atoms with Gasteiger partial charge in [-0.15, -0.1) is 0 Å². The highest BCUT2D eigenvalue weighted by Gasteiger charge is 2.34. The topological polar surface area (TPSA) is 86.9 Å². The molecule has 0 fully saturated rings. The van der Waals surface area contributed by atoms with Crippen molar-refractivity contribution in [2.75, 3.05) is 12.4 Å². The van der Waals surface area contributed by atoms with E-state index in [-0.39, 0.29) is 20.9 Å². The summed E-state index contributed by atoms with van der Waals surface area (Å²) in [4.78, 5) is 26.8. The van der Waals surface area contributed by atoms with E-state index in [0.717, 1.165) is 23.8 Å². The third-order valence-electron chi connectivity index (χ3n) is 2.56. The zero-order valence-corrected chi connectivity index (χ0v) is 13.2. The Morgan fingerprint density at radius 1 is 1.45 bits per heavy atom. The van der Waals surface area contributed by atoms with Crippen molar-refractivity contribution in [1.29, 1.82) is 0 Å². The average Bonchev–Trinajstić information content (AvgIpc) is 2.80. The van der Waals surface area contributed by atoms with E-state index in [9.17, 15) is 22.8 Å². The third-order valence-corrected chi connectivity index (χ3v) is 3.99. The maximum Gasteiger partial charge on any atom is 0.419 e. The predicted octanol–water partition coefficient (Wildman–Crippen LogP) is 2.72. The lowest BCUT2D eigenvalue weighted by atomic mass is 10.2. The molecule has 11 heteroatoms. The number of amides is 1. The molecule has 2 heterocycles. The van der Waals surface area contributed by atoms with Crippen molar-refractivity contribution < 1.29 is 18.0 Å². The Labute approximate surface area is 134 Å². The smallest absolute Gasteiger partial charge is 0.355 e. The number of halogens is 4. The number of alkyl halides is 3. The normalized spacial score (nSPS) is 11.3. The number of carbonyl (C=O) groups is 1. The summed E-state index contributed by atoms with van der Waals surface area (Å²) in [5.41, 5.74) is -1.81. The largest absolute Gasteiger partial charge is 0.419 e. The molecular formula is C11H8BrF3N4O2S. The molecule has 0 aliphatic rings. The molecule has 0 aliphatic heterocycles. The van der Waals surface area contributed by atoms with Crippen LogP contribution in [0.5, 0.6) is 0 Å². The summed E-state index contributed by atoms with van der Waals surface area (Å²) in [6.07, 6.45) is -3.43. The maximum absolute atomic E-state index is 12.8. The molecule has 2 aromatic heterocycles. The van der Waals surface area contributed by atoms with Gasteiger partial charge in [-0.3, -0.25) is 14.0 Å². The highest BCUT2D eigenvalue weighted by atomic mass is 79.9. The van der Waals surface area contributed by atoms with E-state index in [1.165, 1.54) is 7.05 Å². The number of H-pyrrole nitrogens is 1. The van der Waals surface area contributed by atoms with Crippen LogP contribution in [-0.4, -0.2) is 22.3 Å². The Morgan fingerprint density at radius 2 is 2.14 bits per heavy atom. The highest BCUT2D eigenvalue weighted by molar-refractivity contribution is 9.10. The number of hydrogen-bond donors (Lipinski definition) is 3. The summed E-state index contributed by atoms with van der Waals surface area (Å²) < 4.78 is 40.4. The summed E-state index contributed by atoms with van der Waals surface area (Å²) >= 11 is 3.53. The molecule has 3 N–H and O–H groups in total. The van der Waals surface area contributed by atoms with Crippen molar-refractivity contribution in [1.82, 2.24) is 14.7 Å². The summed E-state index contributed by atoms with van der Waals surface area (Å²) in [5, 5.41) is 4.97. The van der Waals surface area contributed by atoms with E-state index in [1.54, 1.807) is 0 Å². The summed E-state index contributed by atoms with van der Waals surface area (Å²) in [6.45, 7) is 0. The van der Waals surface area contributed by atoms with Crippen molar-refractivity contribution >= 4 is 44.1 Å². The van der Waals surface area contributed by atoms with Gasteiger partial charge in [-0.05, 0) is 33.5 Å². The van der Waals surface area contributed by atoms with E-state index >= 15 is 0 Å². The molecule has 0 atom stereocenters. The van der Waals surface area contributed by atoms with Crippen LogP contribution in [0.25, 0.3) is 0 Å². The minimum absolute atomic E-state index is 0.00377. The summed E-state index contributed by atoms with van der Waals surface area (Å²) in [5.74, 6) is -0.647. The first-order chi connectivity index (χ1) is 10.2. The van der Waals surface area contributed by atoms with Crippen molar-refractivity contribution in [2.45, 2.75) is 6.18 Å². The molecule has 22 heavy (non-hydrogen) atoms. The number of pyridine rings is 1. The minimum Gasteiger partial charge on any atom is -0.355 e. The van der Waals surface area contributed by atoms with E-state index in [0.29, 0.717) is 0 Å². The first-order valence-corrected chi connectivity index (χ1v) is 7.28. The van der Waals surface area contributed by atoms with Gasteiger partial charge in [-0.1, -0.05) is 0 Å². The fourth-order valence-electron chi connectivity index (χ4n) is 1.57. The molecule has 0 bridgehead atoms. The summed E-state index contributed by atoms with van der Waals surface area (Å²) in [6, 6.07) is 0.828. The van der Waals surface area contributed by atoms with Gasteiger partial charge in [0.2, 0.25) is 0 Å². The van der Waals surface area contributed by atoms with E-state index in [2.05, 4.69) is 35.9 Å². The van der Waals surface area contributed by atoms with Crippen LogP contribution in [0.4, 0.5) is 23.9 Å². The van der Waals surface area contributed by atoms with Gasteiger partial charge in [0.25, 0.3) is 11.5 Å². The Bertz CT molecular complexity index is 771. The van der Waals surface area contributed by atoms with Gasteiger partial charge in [-0.25, -0.2) is 4.98 Å². The van der Waals surface area contributed by atoms with Gasteiger partial charge in [0.15, 0.2) is 0 Å². The average molecular weight is 397 g/mol. The molecule has 1 amide bonds. The number of anilines is 2.